The van der Waals surface area contributed by atoms with Crippen LogP contribution < -0.4 is 10.2 Å². The maximum atomic E-state index is 4.79. The Hall–Kier alpha value is -0.650. The lowest BCUT2D eigenvalue weighted by Crippen LogP contribution is -2.28. The van der Waals surface area contributed by atoms with Gasteiger partial charge in [-0.1, -0.05) is 6.92 Å². The number of rotatable bonds is 4. The molecule has 5 heteroatoms. The van der Waals surface area contributed by atoms with Crippen LogP contribution in [0.25, 0.3) is 0 Å². The number of likely N-dealkylation sites (N-methyl/N-ethyl adjacent to an activating group) is 1. The zero-order valence-electron chi connectivity index (χ0n) is 12.6. The zero-order valence-corrected chi connectivity index (χ0v) is 13.4. The highest BCUT2D eigenvalue weighted by atomic mass is 32.1. The van der Waals surface area contributed by atoms with Crippen LogP contribution in [0.4, 0.5) is 5.13 Å². The van der Waals surface area contributed by atoms with Gasteiger partial charge in [0.05, 0.1) is 5.69 Å². The van der Waals surface area contributed by atoms with Gasteiger partial charge < -0.3 is 15.1 Å². The van der Waals surface area contributed by atoms with E-state index in [4.69, 9.17) is 4.98 Å². The Balaban J connectivity index is 2.10. The molecule has 1 saturated heterocycles. The lowest BCUT2D eigenvalue weighted by Gasteiger charge is -2.19. The molecular weight excluding hydrogens is 256 g/mol. The Labute approximate surface area is 120 Å². The maximum absolute atomic E-state index is 4.79. The topological polar surface area (TPSA) is 31.4 Å². The molecule has 1 N–H and O–H groups in total. The third kappa shape index (κ3) is 3.68. The highest BCUT2D eigenvalue weighted by Gasteiger charge is 2.19. The molecule has 0 amide bonds. The van der Waals surface area contributed by atoms with Crippen molar-refractivity contribution in [2.45, 2.75) is 33.2 Å². The summed E-state index contributed by atoms with van der Waals surface area (Å²) in [6.07, 6.45) is 1.23. The molecule has 2 heterocycles. The van der Waals surface area contributed by atoms with Crippen LogP contribution >= 0.6 is 11.3 Å². The number of anilines is 1. The van der Waals surface area contributed by atoms with Crippen molar-refractivity contribution in [1.29, 1.82) is 0 Å². The van der Waals surface area contributed by atoms with Crippen LogP contribution in [0.3, 0.4) is 0 Å². The first-order valence-electron chi connectivity index (χ1n) is 7.26. The number of aromatic nitrogens is 1. The molecule has 1 unspecified atom stereocenters. The van der Waals surface area contributed by atoms with Gasteiger partial charge in [-0.05, 0) is 40.4 Å². The lowest BCUT2D eigenvalue weighted by atomic mass is 10.2. The molecule has 1 atom stereocenters. The van der Waals surface area contributed by atoms with Gasteiger partial charge in [0, 0.05) is 30.6 Å². The van der Waals surface area contributed by atoms with Crippen LogP contribution in [-0.2, 0) is 0 Å². The summed E-state index contributed by atoms with van der Waals surface area (Å²) in [5.41, 5.74) is 1.19. The van der Waals surface area contributed by atoms with Crippen molar-refractivity contribution < 1.29 is 0 Å². The summed E-state index contributed by atoms with van der Waals surface area (Å²) < 4.78 is 0. The molecular formula is C14H26N4S. The van der Waals surface area contributed by atoms with Gasteiger partial charge in [-0.3, -0.25) is 0 Å². The predicted molar refractivity (Wildman–Crippen MR) is 83.3 cm³/mol. The van der Waals surface area contributed by atoms with Gasteiger partial charge in [0.15, 0.2) is 5.13 Å². The van der Waals surface area contributed by atoms with E-state index in [0.29, 0.717) is 6.04 Å². The summed E-state index contributed by atoms with van der Waals surface area (Å²) in [6, 6.07) is 0.408. The summed E-state index contributed by atoms with van der Waals surface area (Å²) in [5, 5.41) is 4.68. The molecule has 2 rings (SSSR count). The van der Waals surface area contributed by atoms with E-state index in [1.165, 1.54) is 28.7 Å². The lowest BCUT2D eigenvalue weighted by molar-refractivity contribution is 0.360. The van der Waals surface area contributed by atoms with Crippen molar-refractivity contribution in [3.8, 4) is 0 Å². The fourth-order valence-corrected chi connectivity index (χ4v) is 3.71. The van der Waals surface area contributed by atoms with E-state index in [2.05, 4.69) is 42.9 Å². The second-order valence-corrected chi connectivity index (χ2v) is 6.38. The normalized spacial score (nSPS) is 19.5. The monoisotopic (exact) mass is 282 g/mol. The average molecular weight is 282 g/mol. The number of hydrogen-bond donors (Lipinski definition) is 1. The van der Waals surface area contributed by atoms with Crippen LogP contribution in [0.15, 0.2) is 0 Å². The molecule has 1 aromatic heterocycles. The summed E-state index contributed by atoms with van der Waals surface area (Å²) >= 11 is 1.86. The molecule has 0 aliphatic carbocycles. The third-order valence-electron chi connectivity index (χ3n) is 3.71. The fourth-order valence-electron chi connectivity index (χ4n) is 2.57. The Morgan fingerprint density at radius 3 is 2.84 bits per heavy atom. The molecule has 1 aliphatic heterocycles. The van der Waals surface area contributed by atoms with E-state index in [0.717, 1.165) is 26.2 Å². The Bertz CT molecular complexity index is 404. The molecule has 1 aliphatic rings. The third-order valence-corrected chi connectivity index (χ3v) is 5.12. The maximum Gasteiger partial charge on any atom is 0.185 e. The van der Waals surface area contributed by atoms with Gasteiger partial charge in [-0.2, -0.15) is 0 Å². The Morgan fingerprint density at radius 2 is 2.11 bits per heavy atom. The summed E-state index contributed by atoms with van der Waals surface area (Å²) in [7, 11) is 2.20. The number of aryl methyl sites for hydroxylation is 1. The van der Waals surface area contributed by atoms with Crippen LogP contribution in [-0.4, -0.2) is 49.7 Å². The molecule has 0 radical (unpaired) electrons. The second kappa shape index (κ2) is 6.68. The quantitative estimate of drug-likeness (QED) is 0.918. The molecule has 0 saturated carbocycles. The minimum atomic E-state index is 0.408. The van der Waals surface area contributed by atoms with Crippen molar-refractivity contribution in [2.75, 3.05) is 44.7 Å². The van der Waals surface area contributed by atoms with Crippen molar-refractivity contribution in [1.82, 2.24) is 15.2 Å². The zero-order chi connectivity index (χ0) is 13.8. The minimum Gasteiger partial charge on any atom is -0.347 e. The van der Waals surface area contributed by atoms with E-state index >= 15 is 0 Å². The number of thiazole rings is 1. The van der Waals surface area contributed by atoms with Crippen molar-refractivity contribution in [3.63, 3.8) is 0 Å². The molecule has 1 fully saturated rings. The minimum absolute atomic E-state index is 0.408. The molecule has 0 bridgehead atoms. The molecule has 0 spiro atoms. The molecule has 108 valence electrons. The van der Waals surface area contributed by atoms with Gasteiger partial charge in [-0.15, -0.1) is 11.3 Å². The first kappa shape index (κ1) is 14.8. The molecule has 1 aromatic rings. The first-order valence-corrected chi connectivity index (χ1v) is 8.07. The van der Waals surface area contributed by atoms with E-state index in [9.17, 15) is 0 Å². The highest BCUT2D eigenvalue weighted by molar-refractivity contribution is 7.15. The largest absolute Gasteiger partial charge is 0.347 e. The molecule has 0 aromatic carbocycles. The van der Waals surface area contributed by atoms with E-state index < -0.39 is 0 Å². The van der Waals surface area contributed by atoms with Crippen LogP contribution in [0.2, 0.25) is 0 Å². The molecule has 4 nitrogen and oxygen atoms in total. The number of hydrogen-bond acceptors (Lipinski definition) is 5. The van der Waals surface area contributed by atoms with Crippen LogP contribution in [0.5, 0.6) is 0 Å². The average Bonchev–Trinajstić information content (AvgIpc) is 2.62. The van der Waals surface area contributed by atoms with Crippen molar-refractivity contribution >= 4 is 16.5 Å². The fraction of sp³-hybridized carbons (Fsp3) is 0.786. The molecule has 19 heavy (non-hydrogen) atoms. The van der Waals surface area contributed by atoms with Crippen LogP contribution in [0, 0.1) is 6.92 Å². The highest BCUT2D eigenvalue weighted by Crippen LogP contribution is 2.31. The first-order chi connectivity index (χ1) is 9.11. The predicted octanol–water partition coefficient (Wildman–Crippen LogP) is 2.26. The summed E-state index contributed by atoms with van der Waals surface area (Å²) in [5.74, 6) is 0. The van der Waals surface area contributed by atoms with Gasteiger partial charge >= 0.3 is 0 Å². The Kier molecular flexibility index (Phi) is 5.19. The van der Waals surface area contributed by atoms with Gasteiger partial charge in [0.2, 0.25) is 0 Å². The van der Waals surface area contributed by atoms with E-state index in [1.807, 2.05) is 11.3 Å². The number of nitrogens with zero attached hydrogens (tertiary/aromatic N) is 3. The van der Waals surface area contributed by atoms with Gasteiger partial charge in [-0.25, -0.2) is 4.98 Å². The van der Waals surface area contributed by atoms with Crippen LogP contribution in [0.1, 0.15) is 36.9 Å². The standard InChI is InChI=1S/C14H26N4S/c1-5-15-11(2)13-12(3)16-14(19-13)18-8-6-7-17(4)9-10-18/h11,15H,5-10H2,1-4H3. The van der Waals surface area contributed by atoms with Gasteiger partial charge in [0.25, 0.3) is 0 Å². The van der Waals surface area contributed by atoms with Gasteiger partial charge in [0.1, 0.15) is 0 Å². The van der Waals surface area contributed by atoms with E-state index in [-0.39, 0.29) is 0 Å². The van der Waals surface area contributed by atoms with Crippen molar-refractivity contribution in [3.05, 3.63) is 10.6 Å². The van der Waals surface area contributed by atoms with Crippen molar-refractivity contribution in [2.24, 2.45) is 0 Å². The smallest absolute Gasteiger partial charge is 0.185 e. The Morgan fingerprint density at radius 1 is 1.32 bits per heavy atom. The summed E-state index contributed by atoms with van der Waals surface area (Å²) in [6.45, 7) is 12.1. The second-order valence-electron chi connectivity index (χ2n) is 5.37. The van der Waals surface area contributed by atoms with E-state index in [1.54, 1.807) is 0 Å². The summed E-state index contributed by atoms with van der Waals surface area (Å²) in [4.78, 5) is 11.0. The SMILES string of the molecule is CCNC(C)c1sc(N2CCCN(C)CC2)nc1C. The number of nitrogens with one attached hydrogen (secondary N) is 1.